The van der Waals surface area contributed by atoms with Gasteiger partial charge in [0.15, 0.2) is 0 Å². The van der Waals surface area contributed by atoms with Gasteiger partial charge in [-0.05, 0) is 24.8 Å². The number of nitrogens with one attached hydrogen (secondary N) is 1. The van der Waals surface area contributed by atoms with Crippen LogP contribution in [0.5, 0.6) is 0 Å². The van der Waals surface area contributed by atoms with Gasteiger partial charge in [0.25, 0.3) is 5.69 Å². The zero-order valence-corrected chi connectivity index (χ0v) is 10.8. The number of nitro benzene ring substituents is 1. The molecule has 0 aromatic heterocycles. The highest BCUT2D eigenvalue weighted by atomic mass is 16.6. The van der Waals surface area contributed by atoms with Crippen LogP contribution in [0.4, 0.5) is 11.4 Å². The van der Waals surface area contributed by atoms with Crippen molar-refractivity contribution in [1.29, 1.82) is 0 Å². The Kier molecular flexibility index (Phi) is 4.18. The molecule has 1 N–H and O–H groups in total. The lowest BCUT2D eigenvalue weighted by Crippen LogP contribution is -2.31. The molecule has 18 heavy (non-hydrogen) atoms. The largest absolute Gasteiger partial charge is 0.382 e. The van der Waals surface area contributed by atoms with Gasteiger partial charge in [0.2, 0.25) is 0 Å². The Hall–Kier alpha value is -1.58. The van der Waals surface area contributed by atoms with Gasteiger partial charge in [-0.1, -0.05) is 32.3 Å². The fourth-order valence-electron chi connectivity index (χ4n) is 2.81. The first kappa shape index (κ1) is 12.9. The van der Waals surface area contributed by atoms with Crippen molar-refractivity contribution in [3.8, 4) is 0 Å². The van der Waals surface area contributed by atoms with E-state index in [1.165, 1.54) is 38.2 Å². The summed E-state index contributed by atoms with van der Waals surface area (Å²) < 4.78 is 0. The van der Waals surface area contributed by atoms with Gasteiger partial charge < -0.3 is 5.32 Å². The molecule has 0 aliphatic heterocycles. The molecule has 0 bridgehead atoms. The molecule has 98 valence electrons. The highest BCUT2D eigenvalue weighted by Crippen LogP contribution is 2.30. The molecule has 2 rings (SSSR count). The van der Waals surface area contributed by atoms with E-state index in [1.807, 2.05) is 6.07 Å². The third kappa shape index (κ3) is 3.00. The van der Waals surface area contributed by atoms with Crippen molar-refractivity contribution in [3.05, 3.63) is 34.4 Å². The summed E-state index contributed by atoms with van der Waals surface area (Å²) in [6, 6.07) is 7.27. The summed E-state index contributed by atoms with van der Waals surface area (Å²) in [5.74, 6) is 0.693. The molecule has 1 fully saturated rings. The summed E-state index contributed by atoms with van der Waals surface area (Å²) in [6.45, 7) is 2.22. The van der Waals surface area contributed by atoms with Gasteiger partial charge in [-0.2, -0.15) is 0 Å². The van der Waals surface area contributed by atoms with Crippen LogP contribution >= 0.6 is 0 Å². The maximum Gasteiger partial charge on any atom is 0.271 e. The summed E-state index contributed by atoms with van der Waals surface area (Å²) in [5, 5.41) is 14.2. The molecule has 0 spiro atoms. The number of nitro groups is 1. The van der Waals surface area contributed by atoms with E-state index in [0.717, 1.165) is 5.69 Å². The van der Waals surface area contributed by atoms with E-state index in [-0.39, 0.29) is 10.6 Å². The zero-order valence-electron chi connectivity index (χ0n) is 10.8. The van der Waals surface area contributed by atoms with Gasteiger partial charge in [0.05, 0.1) is 4.92 Å². The number of anilines is 1. The molecule has 0 heterocycles. The minimum atomic E-state index is -0.344. The summed E-state index contributed by atoms with van der Waals surface area (Å²) in [4.78, 5) is 10.4. The Bertz CT molecular complexity index is 420. The van der Waals surface area contributed by atoms with Crippen LogP contribution in [0.25, 0.3) is 0 Å². The normalized spacial score (nSPS) is 23.6. The van der Waals surface area contributed by atoms with Gasteiger partial charge >= 0.3 is 0 Å². The van der Waals surface area contributed by atoms with Crippen LogP contribution in [0.3, 0.4) is 0 Å². The minimum Gasteiger partial charge on any atom is -0.382 e. The van der Waals surface area contributed by atoms with Crippen molar-refractivity contribution < 1.29 is 4.92 Å². The Morgan fingerprint density at radius 2 is 2.17 bits per heavy atom. The second kappa shape index (κ2) is 5.85. The Balaban J connectivity index is 2.07. The second-order valence-corrected chi connectivity index (χ2v) is 5.01. The topological polar surface area (TPSA) is 55.2 Å². The van der Waals surface area contributed by atoms with E-state index in [2.05, 4.69) is 12.2 Å². The van der Waals surface area contributed by atoms with E-state index in [9.17, 15) is 10.1 Å². The quantitative estimate of drug-likeness (QED) is 0.647. The lowest BCUT2D eigenvalue weighted by molar-refractivity contribution is -0.384. The fourth-order valence-corrected chi connectivity index (χ4v) is 2.81. The van der Waals surface area contributed by atoms with E-state index < -0.39 is 0 Å². The number of rotatable bonds is 4. The van der Waals surface area contributed by atoms with Crippen molar-refractivity contribution in [1.82, 2.24) is 0 Å². The van der Waals surface area contributed by atoms with Gasteiger partial charge in [-0.15, -0.1) is 0 Å². The molecule has 1 saturated carbocycles. The lowest BCUT2D eigenvalue weighted by Gasteiger charge is -2.32. The molecule has 1 aromatic carbocycles. The minimum absolute atomic E-state index is 0.156. The second-order valence-electron chi connectivity index (χ2n) is 5.01. The molecular weight excluding hydrogens is 228 g/mol. The number of hydrogen-bond donors (Lipinski definition) is 1. The van der Waals surface area contributed by atoms with E-state index in [0.29, 0.717) is 12.0 Å². The van der Waals surface area contributed by atoms with Gasteiger partial charge in [0.1, 0.15) is 0 Å². The predicted octanol–water partition coefficient (Wildman–Crippen LogP) is 3.98. The zero-order chi connectivity index (χ0) is 13.0. The number of hydrogen-bond acceptors (Lipinski definition) is 3. The SMILES string of the molecule is CCC1CCCCC1Nc1cccc([N+](=O)[O-])c1. The van der Waals surface area contributed by atoms with Crippen LogP contribution < -0.4 is 5.32 Å². The number of benzene rings is 1. The van der Waals surface area contributed by atoms with Crippen molar-refractivity contribution >= 4 is 11.4 Å². The highest BCUT2D eigenvalue weighted by Gasteiger charge is 2.23. The van der Waals surface area contributed by atoms with Crippen LogP contribution in [0.2, 0.25) is 0 Å². The van der Waals surface area contributed by atoms with Crippen LogP contribution in [-0.2, 0) is 0 Å². The summed E-state index contributed by atoms with van der Waals surface area (Å²) in [7, 11) is 0. The average molecular weight is 248 g/mol. The number of nitrogens with zero attached hydrogens (tertiary/aromatic N) is 1. The molecule has 2 atom stereocenters. The van der Waals surface area contributed by atoms with Gasteiger partial charge in [-0.3, -0.25) is 10.1 Å². The van der Waals surface area contributed by atoms with E-state index in [4.69, 9.17) is 0 Å². The average Bonchev–Trinajstić information content (AvgIpc) is 2.39. The Morgan fingerprint density at radius 3 is 2.89 bits per heavy atom. The summed E-state index contributed by atoms with van der Waals surface area (Å²) in [5.41, 5.74) is 1.03. The van der Waals surface area contributed by atoms with Gasteiger partial charge in [-0.25, -0.2) is 0 Å². The molecule has 1 aliphatic carbocycles. The maximum atomic E-state index is 10.7. The Labute approximate surface area is 108 Å². The first-order chi connectivity index (χ1) is 8.70. The van der Waals surface area contributed by atoms with Crippen LogP contribution in [0.15, 0.2) is 24.3 Å². The number of non-ortho nitro benzene ring substituents is 1. The fraction of sp³-hybridized carbons (Fsp3) is 0.571. The van der Waals surface area contributed by atoms with Crippen molar-refractivity contribution in [2.24, 2.45) is 5.92 Å². The monoisotopic (exact) mass is 248 g/mol. The van der Waals surface area contributed by atoms with E-state index in [1.54, 1.807) is 12.1 Å². The van der Waals surface area contributed by atoms with Crippen molar-refractivity contribution in [2.75, 3.05) is 5.32 Å². The van der Waals surface area contributed by atoms with E-state index >= 15 is 0 Å². The summed E-state index contributed by atoms with van der Waals surface area (Å²) >= 11 is 0. The van der Waals surface area contributed by atoms with Crippen LogP contribution in [0, 0.1) is 16.0 Å². The maximum absolute atomic E-state index is 10.7. The highest BCUT2D eigenvalue weighted by molar-refractivity contribution is 5.51. The first-order valence-electron chi connectivity index (χ1n) is 6.71. The molecular formula is C14H20N2O2. The molecule has 1 aromatic rings. The third-order valence-corrected chi connectivity index (χ3v) is 3.84. The molecule has 1 aliphatic rings. The molecule has 0 saturated heterocycles. The van der Waals surface area contributed by atoms with Crippen molar-refractivity contribution in [3.63, 3.8) is 0 Å². The molecule has 2 unspecified atom stereocenters. The van der Waals surface area contributed by atoms with Crippen molar-refractivity contribution in [2.45, 2.75) is 45.1 Å². The van der Waals surface area contributed by atoms with Gasteiger partial charge in [0, 0.05) is 23.9 Å². The molecule has 0 amide bonds. The third-order valence-electron chi connectivity index (χ3n) is 3.84. The van der Waals surface area contributed by atoms with Crippen LogP contribution in [-0.4, -0.2) is 11.0 Å². The lowest BCUT2D eigenvalue weighted by atomic mass is 9.83. The molecule has 4 heteroatoms. The first-order valence-corrected chi connectivity index (χ1v) is 6.71. The summed E-state index contributed by atoms with van der Waals surface area (Å²) in [6.07, 6.45) is 6.17. The molecule has 4 nitrogen and oxygen atoms in total. The molecule has 0 radical (unpaired) electrons. The standard InChI is InChI=1S/C14H20N2O2/c1-2-11-6-3-4-9-14(11)15-12-7-5-8-13(10-12)16(17)18/h5,7-8,10-11,14-15H,2-4,6,9H2,1H3. The smallest absolute Gasteiger partial charge is 0.271 e. The van der Waals surface area contributed by atoms with Crippen LogP contribution in [0.1, 0.15) is 39.0 Å². The Morgan fingerprint density at radius 1 is 1.39 bits per heavy atom. The predicted molar refractivity (Wildman–Crippen MR) is 72.8 cm³/mol.